The van der Waals surface area contributed by atoms with E-state index in [2.05, 4.69) is 5.32 Å². The Balaban J connectivity index is 1.72. The van der Waals surface area contributed by atoms with Crippen LogP contribution >= 0.6 is 0 Å². The molecule has 1 aliphatic carbocycles. The first-order valence-electron chi connectivity index (χ1n) is 7.55. The van der Waals surface area contributed by atoms with E-state index < -0.39 is 5.82 Å². The molecule has 21 heavy (non-hydrogen) atoms. The van der Waals surface area contributed by atoms with E-state index >= 15 is 0 Å². The van der Waals surface area contributed by atoms with Gasteiger partial charge >= 0.3 is 0 Å². The van der Waals surface area contributed by atoms with Crippen molar-refractivity contribution in [3.63, 3.8) is 0 Å². The van der Waals surface area contributed by atoms with Crippen LogP contribution in [0.2, 0.25) is 0 Å². The van der Waals surface area contributed by atoms with Gasteiger partial charge in [-0.25, -0.2) is 4.39 Å². The van der Waals surface area contributed by atoms with Gasteiger partial charge in [0.15, 0.2) is 11.6 Å². The highest BCUT2D eigenvalue weighted by molar-refractivity contribution is 5.80. The minimum absolute atomic E-state index is 0.0931. The van der Waals surface area contributed by atoms with E-state index in [0.717, 1.165) is 24.4 Å². The van der Waals surface area contributed by atoms with Crippen LogP contribution < -0.4 is 10.1 Å². The Morgan fingerprint density at radius 1 is 1.43 bits per heavy atom. The molecule has 0 spiro atoms. The van der Waals surface area contributed by atoms with Gasteiger partial charge < -0.3 is 9.64 Å². The minimum Gasteiger partial charge on any atom is -0.494 e. The molecule has 0 aromatic heterocycles. The van der Waals surface area contributed by atoms with Gasteiger partial charge in [0.25, 0.3) is 0 Å². The van der Waals surface area contributed by atoms with E-state index in [4.69, 9.17) is 4.74 Å². The zero-order chi connectivity index (χ0) is 14.8. The largest absolute Gasteiger partial charge is 0.494 e. The van der Waals surface area contributed by atoms with Gasteiger partial charge in [-0.3, -0.25) is 10.1 Å². The first-order valence-corrected chi connectivity index (χ1v) is 7.55. The van der Waals surface area contributed by atoms with E-state index in [0.29, 0.717) is 6.54 Å². The zero-order valence-corrected chi connectivity index (χ0v) is 12.3. The Labute approximate surface area is 124 Å². The molecule has 114 valence electrons. The Bertz CT molecular complexity index is 531. The molecule has 1 aromatic carbocycles. The summed E-state index contributed by atoms with van der Waals surface area (Å²) in [6.45, 7) is 1.07. The molecule has 1 atom stereocenters. The number of carbonyl (C=O) groups is 1. The molecule has 0 bridgehead atoms. The van der Waals surface area contributed by atoms with Crippen molar-refractivity contribution in [2.24, 2.45) is 5.92 Å². The smallest absolute Gasteiger partial charge is 0.238 e. The summed E-state index contributed by atoms with van der Waals surface area (Å²) in [6, 6.07) is 4.87. The summed E-state index contributed by atoms with van der Waals surface area (Å²) in [5, 5.41) is 3.17. The molecule has 0 radical (unpaired) electrons. The zero-order valence-electron chi connectivity index (χ0n) is 12.3. The van der Waals surface area contributed by atoms with Crippen LogP contribution in [0.5, 0.6) is 5.75 Å². The molecule has 1 aliphatic heterocycles. The van der Waals surface area contributed by atoms with Crippen LogP contribution in [0.25, 0.3) is 0 Å². The predicted octanol–water partition coefficient (Wildman–Crippen LogP) is 2.45. The van der Waals surface area contributed by atoms with Crippen molar-refractivity contribution in [1.82, 2.24) is 10.2 Å². The third kappa shape index (κ3) is 2.88. The Morgan fingerprint density at radius 3 is 2.86 bits per heavy atom. The van der Waals surface area contributed by atoms with Crippen molar-refractivity contribution >= 4 is 5.91 Å². The summed E-state index contributed by atoms with van der Waals surface area (Å²) >= 11 is 0. The summed E-state index contributed by atoms with van der Waals surface area (Å²) in [5.41, 5.74) is 0.771. The van der Waals surface area contributed by atoms with Crippen molar-refractivity contribution in [1.29, 1.82) is 0 Å². The van der Waals surface area contributed by atoms with Crippen molar-refractivity contribution in [2.45, 2.75) is 31.8 Å². The van der Waals surface area contributed by atoms with E-state index in [1.54, 1.807) is 6.07 Å². The van der Waals surface area contributed by atoms with E-state index in [1.807, 2.05) is 11.0 Å². The van der Waals surface area contributed by atoms with Gasteiger partial charge in [0.2, 0.25) is 5.91 Å². The quantitative estimate of drug-likeness (QED) is 0.906. The monoisotopic (exact) mass is 292 g/mol. The maximum atomic E-state index is 13.8. The van der Waals surface area contributed by atoms with Crippen molar-refractivity contribution in [2.75, 3.05) is 20.2 Å². The summed E-state index contributed by atoms with van der Waals surface area (Å²) in [7, 11) is 1.44. The van der Waals surface area contributed by atoms with E-state index in [9.17, 15) is 9.18 Å². The third-order valence-corrected chi connectivity index (χ3v) is 4.57. The molecule has 2 aliphatic rings. The standard InChI is InChI=1S/C16H21FN2O2/c1-21-14-6-5-12(9-13(14)17)16-18-10-15(20)19(16)8-7-11-3-2-4-11/h5-6,9,11,16,18H,2-4,7-8,10H2,1H3. The number of methoxy groups -OCH3 is 1. The average molecular weight is 292 g/mol. The topological polar surface area (TPSA) is 41.6 Å². The molecule has 1 N–H and O–H groups in total. The number of nitrogens with zero attached hydrogens (tertiary/aromatic N) is 1. The number of ether oxygens (including phenoxy) is 1. The lowest BCUT2D eigenvalue weighted by Crippen LogP contribution is -2.33. The SMILES string of the molecule is COc1ccc(C2NCC(=O)N2CCC2CCC2)cc1F. The molecule has 1 saturated carbocycles. The second kappa shape index (κ2) is 6.02. The molecule has 1 unspecified atom stereocenters. The number of rotatable bonds is 5. The second-order valence-electron chi connectivity index (χ2n) is 5.85. The van der Waals surface area contributed by atoms with Crippen LogP contribution in [0, 0.1) is 11.7 Å². The van der Waals surface area contributed by atoms with Crippen LogP contribution in [0.15, 0.2) is 18.2 Å². The molecule has 1 aromatic rings. The van der Waals surface area contributed by atoms with Crippen LogP contribution in [0.4, 0.5) is 4.39 Å². The molecule has 4 nitrogen and oxygen atoms in total. The van der Waals surface area contributed by atoms with Gasteiger partial charge in [0, 0.05) is 6.54 Å². The third-order valence-electron chi connectivity index (χ3n) is 4.57. The predicted molar refractivity (Wildman–Crippen MR) is 77.4 cm³/mol. The Kier molecular flexibility index (Phi) is 4.10. The van der Waals surface area contributed by atoms with Crippen molar-refractivity contribution in [3.8, 4) is 5.75 Å². The lowest BCUT2D eigenvalue weighted by atomic mass is 9.83. The Hall–Kier alpha value is -1.62. The Morgan fingerprint density at radius 2 is 2.24 bits per heavy atom. The lowest BCUT2D eigenvalue weighted by Gasteiger charge is -2.30. The van der Waals surface area contributed by atoms with Crippen LogP contribution in [-0.2, 0) is 4.79 Å². The summed E-state index contributed by atoms with van der Waals surface area (Å²) in [4.78, 5) is 13.9. The number of amides is 1. The average Bonchev–Trinajstić information content (AvgIpc) is 2.78. The van der Waals surface area contributed by atoms with Gasteiger partial charge in [-0.15, -0.1) is 0 Å². The number of halogens is 1. The second-order valence-corrected chi connectivity index (χ2v) is 5.85. The first-order chi connectivity index (χ1) is 10.2. The molecular weight excluding hydrogens is 271 g/mol. The van der Waals surface area contributed by atoms with Crippen LogP contribution in [0.1, 0.15) is 37.4 Å². The molecular formula is C16H21FN2O2. The number of benzene rings is 1. The molecule has 2 fully saturated rings. The van der Waals surface area contributed by atoms with Crippen molar-refractivity contribution in [3.05, 3.63) is 29.6 Å². The maximum absolute atomic E-state index is 13.8. The highest BCUT2D eigenvalue weighted by Crippen LogP contribution is 2.32. The van der Waals surface area contributed by atoms with E-state index in [1.165, 1.54) is 32.4 Å². The van der Waals surface area contributed by atoms with Gasteiger partial charge in [-0.2, -0.15) is 0 Å². The van der Waals surface area contributed by atoms with Gasteiger partial charge in [-0.05, 0) is 30.0 Å². The summed E-state index contributed by atoms with van der Waals surface area (Å²) in [5.74, 6) is 0.682. The minimum atomic E-state index is -0.393. The fourth-order valence-corrected chi connectivity index (χ4v) is 3.05. The fraction of sp³-hybridized carbons (Fsp3) is 0.562. The van der Waals surface area contributed by atoms with Gasteiger partial charge in [-0.1, -0.05) is 25.3 Å². The lowest BCUT2D eigenvalue weighted by molar-refractivity contribution is -0.128. The highest BCUT2D eigenvalue weighted by atomic mass is 19.1. The number of nitrogens with one attached hydrogen (secondary N) is 1. The summed E-state index contributed by atoms with van der Waals surface area (Å²) < 4.78 is 18.8. The highest BCUT2D eigenvalue weighted by Gasteiger charge is 2.32. The van der Waals surface area contributed by atoms with Crippen LogP contribution in [-0.4, -0.2) is 31.0 Å². The maximum Gasteiger partial charge on any atom is 0.238 e. The first kappa shape index (κ1) is 14.3. The molecule has 3 rings (SSSR count). The summed E-state index contributed by atoms with van der Waals surface area (Å²) in [6.07, 6.45) is 4.68. The van der Waals surface area contributed by atoms with Crippen molar-refractivity contribution < 1.29 is 13.9 Å². The van der Waals surface area contributed by atoms with Crippen LogP contribution in [0.3, 0.4) is 0 Å². The molecule has 5 heteroatoms. The fourth-order valence-electron chi connectivity index (χ4n) is 3.05. The molecule has 1 heterocycles. The molecule has 1 amide bonds. The number of carbonyl (C=O) groups excluding carboxylic acids is 1. The van der Waals surface area contributed by atoms with E-state index in [-0.39, 0.29) is 17.8 Å². The number of hydrogen-bond donors (Lipinski definition) is 1. The van der Waals surface area contributed by atoms with Gasteiger partial charge in [0.05, 0.1) is 13.7 Å². The number of hydrogen-bond acceptors (Lipinski definition) is 3. The molecule has 1 saturated heterocycles. The van der Waals surface area contributed by atoms with Gasteiger partial charge in [0.1, 0.15) is 6.17 Å². The normalized spacial score (nSPS) is 22.5.